The maximum Gasteiger partial charge on any atom is 0.0934 e. The van der Waals surface area contributed by atoms with Crippen LogP contribution in [0.25, 0.3) is 0 Å². The standard InChI is InChI=1S/C12H24O2/c1-6-10(4)9-11(13)12(7-2,8-3)14-5/h11,13H,4,6-9H2,1-3,5H3. The van der Waals surface area contributed by atoms with Crippen LogP contribution in [0.5, 0.6) is 0 Å². The highest BCUT2D eigenvalue weighted by molar-refractivity contribution is 5.00. The first-order valence-electron chi connectivity index (χ1n) is 5.46. The summed E-state index contributed by atoms with van der Waals surface area (Å²) in [5.74, 6) is 0. The van der Waals surface area contributed by atoms with Gasteiger partial charge in [-0.3, -0.25) is 0 Å². The first kappa shape index (κ1) is 13.7. The van der Waals surface area contributed by atoms with Crippen LogP contribution < -0.4 is 0 Å². The molecule has 0 aromatic carbocycles. The zero-order chi connectivity index (χ0) is 11.2. The van der Waals surface area contributed by atoms with Crippen LogP contribution in [0, 0.1) is 0 Å². The summed E-state index contributed by atoms with van der Waals surface area (Å²) < 4.78 is 5.45. The quantitative estimate of drug-likeness (QED) is 0.640. The molecule has 2 nitrogen and oxygen atoms in total. The summed E-state index contributed by atoms with van der Waals surface area (Å²) in [7, 11) is 1.67. The predicted molar refractivity (Wildman–Crippen MR) is 60.4 cm³/mol. The Balaban J connectivity index is 4.43. The molecule has 0 aromatic heterocycles. The Bertz CT molecular complexity index is 163. The second kappa shape index (κ2) is 6.20. The summed E-state index contributed by atoms with van der Waals surface area (Å²) in [5.41, 5.74) is 0.693. The molecule has 0 radical (unpaired) electrons. The van der Waals surface area contributed by atoms with E-state index in [1.165, 1.54) is 0 Å². The summed E-state index contributed by atoms with van der Waals surface area (Å²) in [6.45, 7) is 10.1. The highest BCUT2D eigenvalue weighted by Gasteiger charge is 2.34. The molecule has 84 valence electrons. The van der Waals surface area contributed by atoms with Crippen molar-refractivity contribution in [2.45, 2.75) is 58.2 Å². The van der Waals surface area contributed by atoms with Gasteiger partial charge >= 0.3 is 0 Å². The van der Waals surface area contributed by atoms with Gasteiger partial charge in [-0.1, -0.05) is 32.9 Å². The SMILES string of the molecule is C=C(CC)CC(O)C(CC)(CC)OC. The lowest BCUT2D eigenvalue weighted by molar-refractivity contribution is -0.106. The van der Waals surface area contributed by atoms with Gasteiger partial charge in [0.15, 0.2) is 0 Å². The third-order valence-corrected chi connectivity index (χ3v) is 3.19. The van der Waals surface area contributed by atoms with E-state index in [0.29, 0.717) is 6.42 Å². The third kappa shape index (κ3) is 3.10. The molecule has 0 heterocycles. The Hall–Kier alpha value is -0.340. The van der Waals surface area contributed by atoms with Gasteiger partial charge in [0.1, 0.15) is 0 Å². The molecule has 14 heavy (non-hydrogen) atoms. The highest BCUT2D eigenvalue weighted by atomic mass is 16.5. The van der Waals surface area contributed by atoms with Gasteiger partial charge in [-0.25, -0.2) is 0 Å². The molecule has 0 saturated carbocycles. The summed E-state index contributed by atoms with van der Waals surface area (Å²) in [6, 6.07) is 0. The lowest BCUT2D eigenvalue weighted by Crippen LogP contribution is -2.43. The zero-order valence-electron chi connectivity index (χ0n) is 9.97. The summed E-state index contributed by atoms with van der Waals surface area (Å²) in [4.78, 5) is 0. The van der Waals surface area contributed by atoms with Gasteiger partial charge in [0.2, 0.25) is 0 Å². The van der Waals surface area contributed by atoms with E-state index >= 15 is 0 Å². The van der Waals surface area contributed by atoms with Gasteiger partial charge < -0.3 is 9.84 Å². The average Bonchev–Trinajstić information content (AvgIpc) is 2.21. The molecule has 0 saturated heterocycles. The predicted octanol–water partition coefficient (Wildman–Crippen LogP) is 2.91. The first-order valence-corrected chi connectivity index (χ1v) is 5.46. The molecular formula is C12H24O2. The molecule has 1 atom stereocenters. The van der Waals surface area contributed by atoms with Crippen LogP contribution in [0.15, 0.2) is 12.2 Å². The van der Waals surface area contributed by atoms with Crippen LogP contribution in [0.2, 0.25) is 0 Å². The lowest BCUT2D eigenvalue weighted by Gasteiger charge is -2.35. The van der Waals surface area contributed by atoms with Crippen LogP contribution in [0.1, 0.15) is 46.5 Å². The monoisotopic (exact) mass is 200 g/mol. The van der Waals surface area contributed by atoms with Crippen molar-refractivity contribution in [3.8, 4) is 0 Å². The molecule has 0 aromatic rings. The van der Waals surface area contributed by atoms with Gasteiger partial charge in [0, 0.05) is 7.11 Å². The topological polar surface area (TPSA) is 29.5 Å². The van der Waals surface area contributed by atoms with Crippen molar-refractivity contribution >= 4 is 0 Å². The van der Waals surface area contributed by atoms with Gasteiger partial charge in [-0.15, -0.1) is 0 Å². The van der Waals surface area contributed by atoms with E-state index in [2.05, 4.69) is 13.5 Å². The molecule has 0 amide bonds. The van der Waals surface area contributed by atoms with E-state index in [-0.39, 0.29) is 0 Å². The normalized spacial score (nSPS) is 14.1. The van der Waals surface area contributed by atoms with E-state index in [4.69, 9.17) is 4.74 Å². The Morgan fingerprint density at radius 1 is 1.36 bits per heavy atom. The summed E-state index contributed by atoms with van der Waals surface area (Å²) in [6.07, 6.45) is 2.79. The molecule has 0 fully saturated rings. The van der Waals surface area contributed by atoms with Crippen molar-refractivity contribution in [2.75, 3.05) is 7.11 Å². The van der Waals surface area contributed by atoms with Crippen molar-refractivity contribution in [3.05, 3.63) is 12.2 Å². The maximum atomic E-state index is 10.1. The largest absolute Gasteiger partial charge is 0.390 e. The fourth-order valence-electron chi connectivity index (χ4n) is 1.75. The smallest absolute Gasteiger partial charge is 0.0934 e. The fourth-order valence-corrected chi connectivity index (χ4v) is 1.75. The number of ether oxygens (including phenoxy) is 1. The van der Waals surface area contributed by atoms with Crippen molar-refractivity contribution < 1.29 is 9.84 Å². The second-order valence-corrected chi connectivity index (χ2v) is 3.80. The lowest BCUT2D eigenvalue weighted by atomic mass is 9.86. The molecule has 0 aliphatic heterocycles. The molecule has 0 aliphatic carbocycles. The molecule has 0 aliphatic rings. The Kier molecular flexibility index (Phi) is 6.05. The molecular weight excluding hydrogens is 176 g/mol. The van der Waals surface area contributed by atoms with E-state index < -0.39 is 11.7 Å². The highest BCUT2D eigenvalue weighted by Crippen LogP contribution is 2.28. The number of aliphatic hydroxyl groups is 1. The van der Waals surface area contributed by atoms with Crippen LogP contribution in [-0.4, -0.2) is 23.9 Å². The third-order valence-electron chi connectivity index (χ3n) is 3.19. The molecule has 1 unspecified atom stereocenters. The number of hydrogen-bond acceptors (Lipinski definition) is 2. The van der Waals surface area contributed by atoms with E-state index in [0.717, 1.165) is 24.8 Å². The first-order chi connectivity index (χ1) is 6.56. The fraction of sp³-hybridized carbons (Fsp3) is 0.833. The van der Waals surface area contributed by atoms with E-state index in [1.54, 1.807) is 7.11 Å². The van der Waals surface area contributed by atoms with Crippen LogP contribution >= 0.6 is 0 Å². The zero-order valence-corrected chi connectivity index (χ0v) is 9.97. The van der Waals surface area contributed by atoms with Crippen LogP contribution in [0.3, 0.4) is 0 Å². The number of hydrogen-bond donors (Lipinski definition) is 1. The summed E-state index contributed by atoms with van der Waals surface area (Å²) >= 11 is 0. The Morgan fingerprint density at radius 2 is 1.86 bits per heavy atom. The van der Waals surface area contributed by atoms with Gasteiger partial charge in [0.25, 0.3) is 0 Å². The molecule has 1 N–H and O–H groups in total. The van der Waals surface area contributed by atoms with Crippen molar-refractivity contribution in [3.63, 3.8) is 0 Å². The van der Waals surface area contributed by atoms with Crippen molar-refractivity contribution in [1.82, 2.24) is 0 Å². The minimum absolute atomic E-state index is 0.391. The molecule has 0 spiro atoms. The number of rotatable bonds is 7. The van der Waals surface area contributed by atoms with Gasteiger partial charge in [-0.2, -0.15) is 0 Å². The van der Waals surface area contributed by atoms with E-state index in [1.807, 2.05) is 13.8 Å². The van der Waals surface area contributed by atoms with Crippen molar-refractivity contribution in [2.24, 2.45) is 0 Å². The molecule has 0 rings (SSSR count). The van der Waals surface area contributed by atoms with E-state index in [9.17, 15) is 5.11 Å². The Labute approximate surface area is 88.0 Å². The van der Waals surface area contributed by atoms with Crippen molar-refractivity contribution in [1.29, 1.82) is 0 Å². The van der Waals surface area contributed by atoms with Crippen LogP contribution in [-0.2, 0) is 4.74 Å². The second-order valence-electron chi connectivity index (χ2n) is 3.80. The van der Waals surface area contributed by atoms with Crippen LogP contribution in [0.4, 0.5) is 0 Å². The Morgan fingerprint density at radius 3 is 2.14 bits per heavy atom. The maximum absolute atomic E-state index is 10.1. The van der Waals surface area contributed by atoms with Gasteiger partial charge in [0.05, 0.1) is 11.7 Å². The summed E-state index contributed by atoms with van der Waals surface area (Å²) in [5, 5.41) is 10.1. The molecule has 0 bridgehead atoms. The number of aliphatic hydroxyl groups excluding tert-OH is 1. The number of methoxy groups -OCH3 is 1. The average molecular weight is 200 g/mol. The molecule has 2 heteroatoms. The van der Waals surface area contributed by atoms with Gasteiger partial charge in [-0.05, 0) is 25.7 Å². The minimum Gasteiger partial charge on any atom is -0.390 e. The minimum atomic E-state index is -0.435.